The molecule has 0 atom stereocenters. The number of ether oxygens (including phenoxy) is 3. The first-order valence-corrected chi connectivity index (χ1v) is 7.16. The molecule has 0 unspecified atom stereocenters. The maximum atomic E-state index is 12.5. The molecule has 5 nitrogen and oxygen atoms in total. The maximum absolute atomic E-state index is 12.5. The van der Waals surface area contributed by atoms with Crippen molar-refractivity contribution in [2.45, 2.75) is 6.18 Å². The minimum atomic E-state index is -4.42. The van der Waals surface area contributed by atoms with Crippen LogP contribution in [0.25, 0.3) is 0 Å². The van der Waals surface area contributed by atoms with Gasteiger partial charge in [-0.05, 0) is 36.4 Å². The van der Waals surface area contributed by atoms with Gasteiger partial charge in [-0.3, -0.25) is 4.79 Å². The molecule has 0 aliphatic rings. The number of nitrogens with one attached hydrogen (secondary N) is 1. The van der Waals surface area contributed by atoms with Crippen LogP contribution in [-0.2, 0) is 11.0 Å². The number of carbonyl (C=O) groups is 1. The van der Waals surface area contributed by atoms with Gasteiger partial charge < -0.3 is 19.5 Å². The van der Waals surface area contributed by atoms with Crippen molar-refractivity contribution in [1.29, 1.82) is 0 Å². The van der Waals surface area contributed by atoms with Crippen molar-refractivity contribution < 1.29 is 32.2 Å². The van der Waals surface area contributed by atoms with E-state index in [2.05, 4.69) is 5.32 Å². The van der Waals surface area contributed by atoms with Crippen LogP contribution in [0.2, 0.25) is 0 Å². The second kappa shape index (κ2) is 7.78. The van der Waals surface area contributed by atoms with Gasteiger partial charge in [0.05, 0.1) is 19.8 Å². The van der Waals surface area contributed by atoms with Crippen molar-refractivity contribution in [2.24, 2.45) is 0 Å². The molecule has 0 bridgehead atoms. The largest absolute Gasteiger partial charge is 0.493 e. The molecule has 25 heavy (non-hydrogen) atoms. The molecule has 1 N–H and O–H groups in total. The van der Waals surface area contributed by atoms with Crippen LogP contribution < -0.4 is 19.5 Å². The number of benzene rings is 2. The summed E-state index contributed by atoms with van der Waals surface area (Å²) in [4.78, 5) is 11.9. The third-order valence-corrected chi connectivity index (χ3v) is 3.22. The zero-order valence-corrected chi connectivity index (χ0v) is 13.5. The molecule has 2 aromatic carbocycles. The fraction of sp³-hybridized carbons (Fsp3) is 0.235. The van der Waals surface area contributed by atoms with E-state index in [9.17, 15) is 18.0 Å². The van der Waals surface area contributed by atoms with Crippen LogP contribution in [0.4, 0.5) is 18.9 Å². The predicted octanol–water partition coefficient (Wildman–Crippen LogP) is 3.74. The van der Waals surface area contributed by atoms with Crippen LogP contribution >= 0.6 is 0 Å². The first kappa shape index (κ1) is 18.4. The Morgan fingerprint density at radius 2 is 1.64 bits per heavy atom. The van der Waals surface area contributed by atoms with Gasteiger partial charge in [0.2, 0.25) is 5.75 Å². The molecule has 0 heterocycles. The Labute approximate surface area is 142 Å². The monoisotopic (exact) mass is 355 g/mol. The quantitative estimate of drug-likeness (QED) is 0.858. The topological polar surface area (TPSA) is 56.8 Å². The average Bonchev–Trinajstić information content (AvgIpc) is 2.59. The number of para-hydroxylation sites is 1. The van der Waals surface area contributed by atoms with Gasteiger partial charge in [-0.1, -0.05) is 6.07 Å². The summed E-state index contributed by atoms with van der Waals surface area (Å²) >= 11 is 0. The molecule has 0 aliphatic carbocycles. The van der Waals surface area contributed by atoms with Gasteiger partial charge in [-0.25, -0.2) is 0 Å². The molecule has 0 radical (unpaired) electrons. The molecule has 0 aliphatic heterocycles. The molecule has 0 aromatic heterocycles. The zero-order valence-electron chi connectivity index (χ0n) is 13.5. The van der Waals surface area contributed by atoms with Gasteiger partial charge in [0, 0.05) is 5.69 Å². The Kier molecular flexibility index (Phi) is 5.74. The molecule has 0 spiro atoms. The van der Waals surface area contributed by atoms with Gasteiger partial charge in [-0.15, -0.1) is 0 Å². The summed E-state index contributed by atoms with van der Waals surface area (Å²) in [7, 11) is 2.91. The number of methoxy groups -OCH3 is 2. The molecule has 0 saturated carbocycles. The number of hydrogen-bond donors (Lipinski definition) is 1. The third kappa shape index (κ3) is 4.79. The van der Waals surface area contributed by atoms with Gasteiger partial charge >= 0.3 is 6.18 Å². The fourth-order valence-electron chi connectivity index (χ4n) is 2.05. The summed E-state index contributed by atoms with van der Waals surface area (Å²) in [5, 5.41) is 2.45. The molecule has 134 valence electrons. The van der Waals surface area contributed by atoms with Crippen LogP contribution in [0.1, 0.15) is 5.56 Å². The maximum Gasteiger partial charge on any atom is 0.416 e. The number of rotatable bonds is 6. The summed E-state index contributed by atoms with van der Waals surface area (Å²) in [6.07, 6.45) is -4.42. The van der Waals surface area contributed by atoms with Crippen LogP contribution in [0.15, 0.2) is 42.5 Å². The van der Waals surface area contributed by atoms with E-state index < -0.39 is 17.6 Å². The summed E-state index contributed by atoms with van der Waals surface area (Å²) in [6.45, 7) is -0.343. The second-order valence-electron chi connectivity index (χ2n) is 4.90. The lowest BCUT2D eigenvalue weighted by Crippen LogP contribution is -2.20. The van der Waals surface area contributed by atoms with Crippen molar-refractivity contribution in [1.82, 2.24) is 0 Å². The Morgan fingerprint density at radius 3 is 2.20 bits per heavy atom. The lowest BCUT2D eigenvalue weighted by molar-refractivity contribution is -0.137. The Balaban J connectivity index is 1.97. The average molecular weight is 355 g/mol. The highest BCUT2D eigenvalue weighted by atomic mass is 19.4. The highest BCUT2D eigenvalue weighted by molar-refractivity contribution is 5.91. The van der Waals surface area contributed by atoms with Gasteiger partial charge in [-0.2, -0.15) is 13.2 Å². The number of hydrogen-bond acceptors (Lipinski definition) is 4. The van der Waals surface area contributed by atoms with Crippen LogP contribution in [0.3, 0.4) is 0 Å². The van der Waals surface area contributed by atoms with Crippen molar-refractivity contribution in [3.63, 3.8) is 0 Å². The molecular formula is C17H16F3NO4. The molecular weight excluding hydrogens is 339 g/mol. The second-order valence-corrected chi connectivity index (χ2v) is 4.90. The smallest absolute Gasteiger partial charge is 0.416 e. The number of alkyl halides is 3. The summed E-state index contributed by atoms with van der Waals surface area (Å²) in [5.74, 6) is 0.574. The normalized spacial score (nSPS) is 10.9. The van der Waals surface area contributed by atoms with Gasteiger partial charge in [0.15, 0.2) is 18.1 Å². The van der Waals surface area contributed by atoms with E-state index in [1.54, 1.807) is 18.2 Å². The molecule has 1 amide bonds. The van der Waals surface area contributed by atoms with Gasteiger partial charge in [0.1, 0.15) is 0 Å². The highest BCUT2D eigenvalue weighted by Gasteiger charge is 2.30. The highest BCUT2D eigenvalue weighted by Crippen LogP contribution is 2.36. The van der Waals surface area contributed by atoms with E-state index in [4.69, 9.17) is 14.2 Å². The Morgan fingerprint density at radius 1 is 1.00 bits per heavy atom. The van der Waals surface area contributed by atoms with Crippen molar-refractivity contribution in [2.75, 3.05) is 26.1 Å². The van der Waals surface area contributed by atoms with E-state index in [1.807, 2.05) is 0 Å². The Bertz CT molecular complexity index is 730. The number of halogens is 3. The van der Waals surface area contributed by atoms with Gasteiger partial charge in [0.25, 0.3) is 5.91 Å². The van der Waals surface area contributed by atoms with Crippen molar-refractivity contribution in [3.05, 3.63) is 48.0 Å². The Hall–Kier alpha value is -2.90. The van der Waals surface area contributed by atoms with E-state index >= 15 is 0 Å². The number of carbonyl (C=O) groups excluding carboxylic acids is 1. The number of amides is 1. The third-order valence-electron chi connectivity index (χ3n) is 3.22. The van der Waals surface area contributed by atoms with Crippen LogP contribution in [0, 0.1) is 0 Å². The van der Waals surface area contributed by atoms with E-state index in [1.165, 1.54) is 26.4 Å². The fourth-order valence-corrected chi connectivity index (χ4v) is 2.05. The zero-order chi connectivity index (χ0) is 18.4. The van der Waals surface area contributed by atoms with E-state index in [0.29, 0.717) is 17.2 Å². The number of anilines is 1. The van der Waals surface area contributed by atoms with Crippen molar-refractivity contribution in [3.8, 4) is 17.2 Å². The summed E-state index contributed by atoms with van der Waals surface area (Å²) in [5.41, 5.74) is -0.554. The first-order chi connectivity index (χ1) is 11.8. The SMILES string of the molecule is COc1cccc(OCC(=O)Nc2ccc(C(F)(F)F)cc2)c1OC. The standard InChI is InChI=1S/C17H16F3NO4/c1-23-13-4-3-5-14(16(13)24-2)25-10-15(22)21-12-8-6-11(7-9-12)17(18,19)20/h3-9H,10H2,1-2H3,(H,21,22). The minimum Gasteiger partial charge on any atom is -0.493 e. The van der Waals surface area contributed by atoms with E-state index in [-0.39, 0.29) is 12.3 Å². The lowest BCUT2D eigenvalue weighted by atomic mass is 10.2. The van der Waals surface area contributed by atoms with Crippen LogP contribution in [0.5, 0.6) is 17.2 Å². The minimum absolute atomic E-state index is 0.235. The summed E-state index contributed by atoms with van der Waals surface area (Å²) < 4.78 is 53.2. The molecule has 2 rings (SSSR count). The van der Waals surface area contributed by atoms with Crippen LogP contribution in [-0.4, -0.2) is 26.7 Å². The molecule has 0 fully saturated rings. The van der Waals surface area contributed by atoms with Crippen molar-refractivity contribution >= 4 is 11.6 Å². The summed E-state index contributed by atoms with van der Waals surface area (Å²) in [6, 6.07) is 9.08. The first-order valence-electron chi connectivity index (χ1n) is 7.16. The lowest BCUT2D eigenvalue weighted by Gasteiger charge is -2.13. The molecule has 0 saturated heterocycles. The molecule has 2 aromatic rings. The van der Waals surface area contributed by atoms with E-state index in [0.717, 1.165) is 12.1 Å². The predicted molar refractivity (Wildman–Crippen MR) is 85.1 cm³/mol. The molecule has 8 heteroatoms.